The van der Waals surface area contributed by atoms with E-state index in [0.29, 0.717) is 11.3 Å². The number of hydrogen-bond acceptors (Lipinski definition) is 3. The molecule has 0 aliphatic heterocycles. The fourth-order valence-corrected chi connectivity index (χ4v) is 4.79. The zero-order valence-corrected chi connectivity index (χ0v) is 14.6. The van der Waals surface area contributed by atoms with Gasteiger partial charge in [0.15, 0.2) is 0 Å². The van der Waals surface area contributed by atoms with E-state index in [-0.39, 0.29) is 0 Å². The van der Waals surface area contributed by atoms with Gasteiger partial charge in [0.2, 0.25) is 0 Å². The Morgan fingerprint density at radius 2 is 2.00 bits per heavy atom. The summed E-state index contributed by atoms with van der Waals surface area (Å²) in [6.07, 6.45) is 3.88. The van der Waals surface area contributed by atoms with Crippen LogP contribution in [0, 0.1) is 0 Å². The van der Waals surface area contributed by atoms with Crippen molar-refractivity contribution in [1.82, 2.24) is 10.2 Å². The van der Waals surface area contributed by atoms with Crippen LogP contribution >= 0.6 is 11.8 Å². The van der Waals surface area contributed by atoms with Crippen LogP contribution in [0.5, 0.6) is 0 Å². The maximum absolute atomic E-state index is 3.58. The van der Waals surface area contributed by atoms with Gasteiger partial charge in [0, 0.05) is 23.6 Å². The first-order chi connectivity index (χ1) is 10.3. The van der Waals surface area contributed by atoms with Gasteiger partial charge in [0.05, 0.1) is 0 Å². The van der Waals surface area contributed by atoms with Crippen LogP contribution in [0.15, 0.2) is 24.3 Å². The fourth-order valence-electron chi connectivity index (χ4n) is 3.32. The first kappa shape index (κ1) is 16.9. The Morgan fingerprint density at radius 1 is 1.24 bits per heavy atom. The quantitative estimate of drug-likeness (QED) is 0.773. The summed E-state index contributed by atoms with van der Waals surface area (Å²) in [6.45, 7) is 8.06. The summed E-state index contributed by atoms with van der Waals surface area (Å²) in [5.41, 5.74) is 3.07. The number of fused-ring (bicyclic) bond motifs is 1. The van der Waals surface area contributed by atoms with Crippen LogP contribution in [0.2, 0.25) is 0 Å². The minimum absolute atomic E-state index is 0.505. The molecule has 2 nitrogen and oxygen atoms in total. The molecule has 0 amide bonds. The molecule has 2 rings (SSSR count). The Bertz CT molecular complexity index is 417. The zero-order chi connectivity index (χ0) is 15.1. The average molecular weight is 307 g/mol. The van der Waals surface area contributed by atoms with Gasteiger partial charge in [0.25, 0.3) is 0 Å². The molecule has 21 heavy (non-hydrogen) atoms. The molecule has 0 spiro atoms. The molecule has 3 heteroatoms. The summed E-state index contributed by atoms with van der Waals surface area (Å²) in [4.78, 5) is 2.52. The van der Waals surface area contributed by atoms with Crippen molar-refractivity contribution in [2.24, 2.45) is 0 Å². The van der Waals surface area contributed by atoms with E-state index in [2.05, 4.69) is 67.1 Å². The molecule has 1 aromatic rings. The second-order valence-electron chi connectivity index (χ2n) is 5.79. The van der Waals surface area contributed by atoms with E-state index >= 15 is 0 Å². The number of rotatable bonds is 7. The molecule has 1 aliphatic rings. The second-order valence-corrected chi connectivity index (χ2v) is 7.14. The molecular formula is C18H30N2S. The van der Waals surface area contributed by atoms with Crippen LogP contribution in [0.3, 0.4) is 0 Å². The van der Waals surface area contributed by atoms with Crippen molar-refractivity contribution in [3.63, 3.8) is 0 Å². The molecule has 118 valence electrons. The zero-order valence-electron chi connectivity index (χ0n) is 13.8. The van der Waals surface area contributed by atoms with Gasteiger partial charge in [-0.15, -0.1) is 0 Å². The SMILES string of the molecule is CCN(CC)CCSC1CCCc2ccccc2C1NC. The van der Waals surface area contributed by atoms with Crippen molar-refractivity contribution in [3.8, 4) is 0 Å². The lowest BCUT2D eigenvalue weighted by atomic mass is 9.99. The first-order valence-electron chi connectivity index (χ1n) is 8.39. The number of benzene rings is 1. The Kier molecular flexibility index (Phi) is 7.08. The number of aryl methyl sites for hydroxylation is 1. The summed E-state index contributed by atoms with van der Waals surface area (Å²) in [5, 5.41) is 4.28. The van der Waals surface area contributed by atoms with Gasteiger partial charge < -0.3 is 10.2 Å². The van der Waals surface area contributed by atoms with Crippen LogP contribution in [0.1, 0.15) is 43.9 Å². The Balaban J connectivity index is 1.99. The lowest BCUT2D eigenvalue weighted by Crippen LogP contribution is -2.30. The highest BCUT2D eigenvalue weighted by molar-refractivity contribution is 7.99. The molecule has 0 aromatic heterocycles. The largest absolute Gasteiger partial charge is 0.312 e. The Labute approximate surface area is 134 Å². The third-order valence-corrected chi connectivity index (χ3v) is 6.00. The number of thioether (sulfide) groups is 1. The van der Waals surface area contributed by atoms with Crippen molar-refractivity contribution >= 4 is 11.8 Å². The molecule has 1 aromatic carbocycles. The van der Waals surface area contributed by atoms with Crippen molar-refractivity contribution in [3.05, 3.63) is 35.4 Å². The smallest absolute Gasteiger partial charge is 0.0440 e. The Hall–Kier alpha value is -0.510. The first-order valence-corrected chi connectivity index (χ1v) is 9.44. The normalized spacial score (nSPS) is 22.1. The van der Waals surface area contributed by atoms with E-state index in [1.165, 1.54) is 50.2 Å². The van der Waals surface area contributed by atoms with Gasteiger partial charge in [-0.05, 0) is 50.5 Å². The van der Waals surface area contributed by atoms with Crippen LogP contribution in [-0.2, 0) is 6.42 Å². The monoisotopic (exact) mass is 306 g/mol. The van der Waals surface area contributed by atoms with Crippen LogP contribution in [0.25, 0.3) is 0 Å². The van der Waals surface area contributed by atoms with E-state index in [4.69, 9.17) is 0 Å². The molecule has 0 bridgehead atoms. The maximum atomic E-state index is 3.58. The van der Waals surface area contributed by atoms with Crippen molar-refractivity contribution < 1.29 is 0 Å². The summed E-state index contributed by atoms with van der Waals surface area (Å²) >= 11 is 2.16. The van der Waals surface area contributed by atoms with Gasteiger partial charge >= 0.3 is 0 Å². The van der Waals surface area contributed by atoms with Crippen LogP contribution < -0.4 is 5.32 Å². The number of nitrogens with one attached hydrogen (secondary N) is 1. The molecule has 2 atom stereocenters. The molecular weight excluding hydrogens is 276 g/mol. The molecule has 0 saturated carbocycles. The van der Waals surface area contributed by atoms with E-state index < -0.39 is 0 Å². The molecule has 2 unspecified atom stereocenters. The summed E-state index contributed by atoms with van der Waals surface area (Å²) in [5.74, 6) is 1.24. The minimum atomic E-state index is 0.505. The lowest BCUT2D eigenvalue weighted by Gasteiger charge is -2.27. The van der Waals surface area contributed by atoms with E-state index in [9.17, 15) is 0 Å². The highest BCUT2D eigenvalue weighted by Gasteiger charge is 2.26. The topological polar surface area (TPSA) is 15.3 Å². The van der Waals surface area contributed by atoms with Gasteiger partial charge in [-0.1, -0.05) is 38.1 Å². The molecule has 0 radical (unpaired) electrons. The Morgan fingerprint density at radius 3 is 2.71 bits per heavy atom. The van der Waals surface area contributed by atoms with Gasteiger partial charge in [-0.3, -0.25) is 0 Å². The predicted molar refractivity (Wildman–Crippen MR) is 95.2 cm³/mol. The highest BCUT2D eigenvalue weighted by Crippen LogP contribution is 2.35. The number of hydrogen-bond donors (Lipinski definition) is 1. The standard InChI is InChI=1S/C18H30N2S/c1-4-20(5-2)13-14-21-17-12-8-10-15-9-6-7-11-16(15)18(17)19-3/h6-7,9,11,17-19H,4-5,8,10,12-14H2,1-3H3. The van der Waals surface area contributed by atoms with Crippen molar-refractivity contribution in [2.75, 3.05) is 32.4 Å². The van der Waals surface area contributed by atoms with E-state index in [1.54, 1.807) is 5.56 Å². The summed E-state index contributed by atoms with van der Waals surface area (Å²) in [6, 6.07) is 9.50. The second kappa shape index (κ2) is 8.82. The number of nitrogens with zero attached hydrogens (tertiary/aromatic N) is 1. The third-order valence-electron chi connectivity index (χ3n) is 4.64. The van der Waals surface area contributed by atoms with Crippen LogP contribution in [-0.4, -0.2) is 42.6 Å². The molecule has 0 saturated heterocycles. The van der Waals surface area contributed by atoms with Crippen molar-refractivity contribution in [2.45, 2.75) is 44.4 Å². The minimum Gasteiger partial charge on any atom is -0.312 e. The average Bonchev–Trinajstić information content (AvgIpc) is 2.70. The molecule has 1 N–H and O–H groups in total. The van der Waals surface area contributed by atoms with E-state index in [0.717, 1.165) is 0 Å². The molecule has 1 aliphatic carbocycles. The highest BCUT2D eigenvalue weighted by atomic mass is 32.2. The van der Waals surface area contributed by atoms with Gasteiger partial charge in [-0.2, -0.15) is 11.8 Å². The molecule has 0 heterocycles. The van der Waals surface area contributed by atoms with Crippen LogP contribution in [0.4, 0.5) is 0 Å². The lowest BCUT2D eigenvalue weighted by molar-refractivity contribution is 0.323. The summed E-state index contributed by atoms with van der Waals surface area (Å²) in [7, 11) is 2.12. The maximum Gasteiger partial charge on any atom is 0.0440 e. The van der Waals surface area contributed by atoms with Crippen molar-refractivity contribution in [1.29, 1.82) is 0 Å². The van der Waals surface area contributed by atoms with E-state index in [1.807, 2.05) is 0 Å². The summed E-state index contributed by atoms with van der Waals surface area (Å²) < 4.78 is 0. The third kappa shape index (κ3) is 4.48. The molecule has 0 fully saturated rings. The fraction of sp³-hybridized carbons (Fsp3) is 0.667. The predicted octanol–water partition coefficient (Wildman–Crippen LogP) is 3.73. The van der Waals surface area contributed by atoms with Gasteiger partial charge in [0.1, 0.15) is 0 Å². The van der Waals surface area contributed by atoms with Gasteiger partial charge in [-0.25, -0.2) is 0 Å².